The van der Waals surface area contributed by atoms with Crippen LogP contribution >= 0.6 is 68.0 Å². The van der Waals surface area contributed by atoms with E-state index in [1.54, 1.807) is 80.2 Å². The summed E-state index contributed by atoms with van der Waals surface area (Å²) in [6.07, 6.45) is 0. The number of aryl methyl sites for hydroxylation is 2. The molecule has 210 valence electrons. The molecular weight excluding hydrogens is 641 g/mol. The van der Waals surface area contributed by atoms with Crippen molar-refractivity contribution in [3.63, 3.8) is 0 Å². The minimum Gasteiger partial charge on any atom is -0.465 e. The molecule has 7 aromatic rings. The van der Waals surface area contributed by atoms with Crippen molar-refractivity contribution in [3.8, 4) is 40.4 Å². The first kappa shape index (κ1) is 27.7. The van der Waals surface area contributed by atoms with Crippen LogP contribution in [0.3, 0.4) is 0 Å². The number of ether oxygens (including phenoxy) is 2. The van der Waals surface area contributed by atoms with Gasteiger partial charge in [0.15, 0.2) is 0 Å². The highest BCUT2D eigenvalue weighted by atomic mass is 32.1. The molecular formula is C32H22O4S6. The van der Waals surface area contributed by atoms with Crippen LogP contribution in [0.4, 0.5) is 0 Å². The lowest BCUT2D eigenvalue weighted by atomic mass is 9.96. The number of thiophene rings is 6. The molecule has 0 saturated carbocycles. The van der Waals surface area contributed by atoms with Crippen LogP contribution in [0.2, 0.25) is 0 Å². The Hall–Kier alpha value is -3.12. The molecule has 1 aromatic carbocycles. The lowest BCUT2D eigenvalue weighted by molar-refractivity contribution is 0.0588. The van der Waals surface area contributed by atoms with Gasteiger partial charge in [0.05, 0.1) is 25.3 Å². The molecule has 0 aliphatic heterocycles. The van der Waals surface area contributed by atoms with Gasteiger partial charge in [-0.05, 0) is 74.5 Å². The van der Waals surface area contributed by atoms with Crippen LogP contribution in [0.25, 0.3) is 59.2 Å². The average molecular weight is 663 g/mol. The number of benzene rings is 1. The van der Waals surface area contributed by atoms with Gasteiger partial charge in [0.25, 0.3) is 0 Å². The highest BCUT2D eigenvalue weighted by molar-refractivity contribution is 7.32. The second-order valence-electron chi connectivity index (χ2n) is 9.65. The van der Waals surface area contributed by atoms with Gasteiger partial charge >= 0.3 is 11.9 Å². The van der Waals surface area contributed by atoms with Gasteiger partial charge in [0, 0.05) is 68.9 Å². The van der Waals surface area contributed by atoms with E-state index in [0.717, 1.165) is 19.5 Å². The van der Waals surface area contributed by atoms with E-state index >= 15 is 0 Å². The summed E-state index contributed by atoms with van der Waals surface area (Å²) in [7, 11) is 2.77. The van der Waals surface area contributed by atoms with E-state index < -0.39 is 11.9 Å². The number of carbonyl (C=O) groups is 2. The van der Waals surface area contributed by atoms with Gasteiger partial charge in [-0.2, -0.15) is 0 Å². The molecule has 0 N–H and O–H groups in total. The van der Waals surface area contributed by atoms with E-state index in [1.807, 2.05) is 12.1 Å². The molecule has 6 heterocycles. The molecule has 0 spiro atoms. The molecule has 0 amide bonds. The zero-order valence-electron chi connectivity index (χ0n) is 22.9. The van der Waals surface area contributed by atoms with Crippen molar-refractivity contribution in [3.05, 3.63) is 81.5 Å². The minimum absolute atomic E-state index is 0.415. The monoisotopic (exact) mass is 662 g/mol. The lowest BCUT2D eigenvalue weighted by Gasteiger charge is -2.13. The second kappa shape index (κ2) is 10.9. The summed E-state index contributed by atoms with van der Waals surface area (Å²) in [6.45, 7) is 4.25. The molecule has 0 fully saturated rings. The van der Waals surface area contributed by atoms with E-state index in [1.165, 1.54) is 52.5 Å². The van der Waals surface area contributed by atoms with Crippen molar-refractivity contribution in [1.82, 2.24) is 0 Å². The smallest absolute Gasteiger partial charge is 0.338 e. The van der Waals surface area contributed by atoms with Gasteiger partial charge in [0.2, 0.25) is 0 Å². The highest BCUT2D eigenvalue weighted by Crippen LogP contribution is 2.46. The predicted molar refractivity (Wildman–Crippen MR) is 183 cm³/mol. The molecule has 0 aliphatic carbocycles. The molecule has 6 aromatic heterocycles. The van der Waals surface area contributed by atoms with Crippen molar-refractivity contribution in [2.75, 3.05) is 14.2 Å². The number of hydrogen-bond donors (Lipinski definition) is 0. The summed E-state index contributed by atoms with van der Waals surface area (Å²) < 4.78 is 15.6. The van der Waals surface area contributed by atoms with Crippen molar-refractivity contribution in [1.29, 1.82) is 0 Å². The Morgan fingerprint density at radius 2 is 0.857 bits per heavy atom. The fourth-order valence-electron chi connectivity index (χ4n) is 4.95. The topological polar surface area (TPSA) is 52.6 Å². The molecule has 42 heavy (non-hydrogen) atoms. The Kier molecular flexibility index (Phi) is 7.16. The first-order valence-electron chi connectivity index (χ1n) is 12.9. The largest absolute Gasteiger partial charge is 0.465 e. The highest BCUT2D eigenvalue weighted by Gasteiger charge is 2.24. The Morgan fingerprint density at radius 1 is 0.476 bits per heavy atom. The first-order chi connectivity index (χ1) is 20.3. The summed E-state index contributed by atoms with van der Waals surface area (Å²) in [5.41, 5.74) is 2.14. The molecule has 0 bridgehead atoms. The van der Waals surface area contributed by atoms with Gasteiger partial charge < -0.3 is 9.47 Å². The number of hydrogen-bond acceptors (Lipinski definition) is 10. The van der Waals surface area contributed by atoms with Crippen LogP contribution in [0.15, 0.2) is 60.7 Å². The second-order valence-corrected chi connectivity index (χ2v) is 16.6. The zero-order valence-corrected chi connectivity index (χ0v) is 27.8. The third-order valence-corrected chi connectivity index (χ3v) is 13.9. The number of rotatable bonds is 6. The Morgan fingerprint density at radius 3 is 1.24 bits per heavy atom. The molecule has 0 aliphatic rings. The van der Waals surface area contributed by atoms with Crippen LogP contribution in [0, 0.1) is 13.8 Å². The molecule has 0 atom stereocenters. The van der Waals surface area contributed by atoms with Crippen molar-refractivity contribution >= 4 is 98.8 Å². The van der Waals surface area contributed by atoms with Crippen LogP contribution in [-0.2, 0) is 9.47 Å². The van der Waals surface area contributed by atoms with E-state index in [-0.39, 0.29) is 0 Å². The lowest BCUT2D eigenvalue weighted by Crippen LogP contribution is -2.09. The number of esters is 2. The standard InChI is InChI=1S/C32H22O4S6/c1-15-9-25-29(37-15)13-27(41-25)23-7-5-21(39-23)17-11-20(32(34)36-4)18(12-19(17)31(33)35-3)22-6-8-24(40-22)28-14-30-26(42-28)10-16(2)38-30/h5-14H,1-4H3. The third kappa shape index (κ3) is 4.86. The van der Waals surface area contributed by atoms with Crippen molar-refractivity contribution < 1.29 is 19.1 Å². The summed E-state index contributed by atoms with van der Waals surface area (Å²) in [6, 6.07) is 20.6. The van der Waals surface area contributed by atoms with Gasteiger partial charge in [-0.25, -0.2) is 9.59 Å². The number of methoxy groups -OCH3 is 2. The molecule has 0 saturated heterocycles. The summed E-state index contributed by atoms with van der Waals surface area (Å²) in [5.74, 6) is -0.897. The summed E-state index contributed by atoms with van der Waals surface area (Å²) in [4.78, 5) is 35.2. The fraction of sp³-hybridized carbons (Fsp3) is 0.125. The maximum Gasteiger partial charge on any atom is 0.338 e. The normalized spacial score (nSPS) is 11.5. The van der Waals surface area contributed by atoms with Crippen molar-refractivity contribution in [2.24, 2.45) is 0 Å². The van der Waals surface area contributed by atoms with E-state index in [4.69, 9.17) is 9.47 Å². The predicted octanol–water partition coefficient (Wildman–Crippen LogP) is 11.2. The quantitative estimate of drug-likeness (QED) is 0.166. The van der Waals surface area contributed by atoms with Crippen LogP contribution in [0.1, 0.15) is 30.5 Å². The van der Waals surface area contributed by atoms with Crippen molar-refractivity contribution in [2.45, 2.75) is 13.8 Å². The van der Waals surface area contributed by atoms with Gasteiger partial charge in [-0.3, -0.25) is 0 Å². The zero-order chi connectivity index (χ0) is 29.1. The van der Waals surface area contributed by atoms with E-state index in [0.29, 0.717) is 22.3 Å². The SMILES string of the molecule is COC(=O)c1cc(-c2ccc(-c3cc4sc(C)cc4s3)s2)c(C(=O)OC)cc1-c1ccc(-c2cc3sc(C)cc3s2)s1. The van der Waals surface area contributed by atoms with Gasteiger partial charge in [-0.1, -0.05) is 0 Å². The van der Waals surface area contributed by atoms with Crippen LogP contribution < -0.4 is 0 Å². The average Bonchev–Trinajstić information content (AvgIpc) is 3.80. The molecule has 4 nitrogen and oxygen atoms in total. The molecule has 0 unspecified atom stereocenters. The van der Waals surface area contributed by atoms with Gasteiger partial charge in [0.1, 0.15) is 0 Å². The van der Waals surface area contributed by atoms with Crippen LogP contribution in [-0.4, -0.2) is 26.2 Å². The number of fused-ring (bicyclic) bond motifs is 2. The molecule has 0 radical (unpaired) electrons. The molecule has 10 heteroatoms. The molecule has 7 rings (SSSR count). The number of carbonyl (C=O) groups excluding carboxylic acids is 2. The Bertz CT molecular complexity index is 1930. The Labute approximate surface area is 266 Å². The Balaban J connectivity index is 1.32. The van der Waals surface area contributed by atoms with E-state index in [9.17, 15) is 9.59 Å². The van der Waals surface area contributed by atoms with Gasteiger partial charge in [-0.15, -0.1) is 68.0 Å². The first-order valence-corrected chi connectivity index (χ1v) is 17.8. The van der Waals surface area contributed by atoms with Crippen LogP contribution in [0.5, 0.6) is 0 Å². The maximum absolute atomic E-state index is 13.1. The fourth-order valence-corrected chi connectivity index (χ4v) is 11.8. The summed E-state index contributed by atoms with van der Waals surface area (Å²) in [5, 5.41) is 0. The third-order valence-electron chi connectivity index (χ3n) is 6.86. The maximum atomic E-state index is 13.1. The van der Waals surface area contributed by atoms with E-state index in [2.05, 4.69) is 50.2 Å². The minimum atomic E-state index is -0.449. The summed E-state index contributed by atoms with van der Waals surface area (Å²) >= 11 is 10.3.